The molecule has 1 aromatic rings. The molecule has 0 bridgehead atoms. The minimum atomic E-state index is -0.710. The van der Waals surface area contributed by atoms with Crippen molar-refractivity contribution in [2.24, 2.45) is 11.7 Å². The summed E-state index contributed by atoms with van der Waals surface area (Å²) in [6.45, 7) is 6.08. The number of nitro groups is 1. The molecular weight excluding hydrogens is 265 g/mol. The van der Waals surface area contributed by atoms with Gasteiger partial charge >= 0.3 is 5.69 Å². The number of nitrogens with zero attached hydrogens (tertiary/aromatic N) is 1. The van der Waals surface area contributed by atoms with Gasteiger partial charge in [0.1, 0.15) is 0 Å². The third-order valence-corrected chi connectivity index (χ3v) is 3.58. The lowest BCUT2D eigenvalue weighted by Crippen LogP contribution is -2.47. The van der Waals surface area contributed by atoms with Crippen LogP contribution in [0, 0.1) is 21.8 Å². The highest BCUT2D eigenvalue weighted by Gasteiger charge is 2.29. The fourth-order valence-electron chi connectivity index (χ4n) is 1.68. The Bertz CT molecular complexity index is 508. The highest BCUT2D eigenvalue weighted by Crippen LogP contribution is 2.34. The maximum Gasteiger partial charge on any atom is 0.313 e. The average molecular weight is 285 g/mol. The van der Waals surface area contributed by atoms with Crippen LogP contribution >= 0.6 is 0 Å². The third-order valence-electron chi connectivity index (χ3n) is 3.58. The van der Waals surface area contributed by atoms with Crippen molar-refractivity contribution in [2.45, 2.75) is 26.3 Å². The molecule has 112 valence electrons. The van der Waals surface area contributed by atoms with Crippen LogP contribution in [0.2, 0.25) is 0 Å². The van der Waals surface area contributed by atoms with Crippen LogP contribution in [-0.2, 0) is 0 Å². The van der Waals surface area contributed by atoms with Crippen molar-refractivity contribution in [1.82, 2.24) is 0 Å². The van der Waals surface area contributed by atoms with Gasteiger partial charge in [-0.15, -0.1) is 0 Å². The van der Waals surface area contributed by atoms with Crippen molar-refractivity contribution in [3.05, 3.63) is 28.1 Å². The molecule has 6 nitrogen and oxygen atoms in total. The van der Waals surface area contributed by atoms with Gasteiger partial charge in [-0.2, -0.15) is 0 Å². The minimum absolute atomic E-state index is 0.00188. The summed E-state index contributed by atoms with van der Waals surface area (Å²) < 4.78 is 18.9. The van der Waals surface area contributed by atoms with Crippen molar-refractivity contribution < 1.29 is 14.1 Å². The number of anilines is 1. The van der Waals surface area contributed by atoms with E-state index in [1.807, 2.05) is 20.8 Å². The number of ether oxygens (including phenoxy) is 1. The van der Waals surface area contributed by atoms with E-state index in [0.717, 1.165) is 6.07 Å². The van der Waals surface area contributed by atoms with Gasteiger partial charge in [-0.3, -0.25) is 10.1 Å². The number of nitrogens with two attached hydrogens (primary N) is 1. The molecule has 0 aliphatic carbocycles. The Morgan fingerprint density at radius 3 is 2.55 bits per heavy atom. The molecule has 1 atom stereocenters. The predicted molar refractivity (Wildman–Crippen MR) is 75.5 cm³/mol. The SMILES string of the molecule is COc1cc(NC(C)(CN)C(C)C)c(F)cc1[N+](=O)[O-]. The molecule has 0 spiro atoms. The highest BCUT2D eigenvalue weighted by atomic mass is 19.1. The summed E-state index contributed by atoms with van der Waals surface area (Å²) >= 11 is 0. The zero-order chi connectivity index (χ0) is 15.5. The number of nitrogens with one attached hydrogen (secondary N) is 1. The molecule has 0 aromatic heterocycles. The molecule has 0 amide bonds. The van der Waals surface area contributed by atoms with Crippen LogP contribution in [-0.4, -0.2) is 24.1 Å². The van der Waals surface area contributed by atoms with E-state index in [2.05, 4.69) is 5.32 Å². The van der Waals surface area contributed by atoms with Gasteiger partial charge in [-0.05, 0) is 12.8 Å². The lowest BCUT2D eigenvalue weighted by molar-refractivity contribution is -0.385. The first-order valence-corrected chi connectivity index (χ1v) is 6.25. The van der Waals surface area contributed by atoms with Crippen LogP contribution in [0.4, 0.5) is 15.8 Å². The summed E-state index contributed by atoms with van der Waals surface area (Å²) in [5, 5.41) is 13.8. The summed E-state index contributed by atoms with van der Waals surface area (Å²) in [6, 6.07) is 2.13. The number of rotatable bonds is 6. The van der Waals surface area contributed by atoms with Crippen LogP contribution in [0.25, 0.3) is 0 Å². The molecule has 0 fully saturated rings. The van der Waals surface area contributed by atoms with Crippen LogP contribution in [0.1, 0.15) is 20.8 Å². The minimum Gasteiger partial charge on any atom is -0.490 e. The fourth-order valence-corrected chi connectivity index (χ4v) is 1.68. The van der Waals surface area contributed by atoms with Crippen molar-refractivity contribution in [3.8, 4) is 5.75 Å². The third kappa shape index (κ3) is 3.16. The zero-order valence-corrected chi connectivity index (χ0v) is 12.1. The first kappa shape index (κ1) is 16.2. The number of methoxy groups -OCH3 is 1. The second kappa shape index (κ2) is 6.04. The van der Waals surface area contributed by atoms with Crippen LogP contribution < -0.4 is 15.8 Å². The van der Waals surface area contributed by atoms with Gasteiger partial charge in [0.15, 0.2) is 11.6 Å². The maximum atomic E-state index is 14.0. The Hall–Kier alpha value is -1.89. The van der Waals surface area contributed by atoms with Crippen molar-refractivity contribution >= 4 is 11.4 Å². The predicted octanol–water partition coefficient (Wildman–Crippen LogP) is 2.53. The van der Waals surface area contributed by atoms with Gasteiger partial charge in [-0.1, -0.05) is 13.8 Å². The molecule has 1 aromatic carbocycles. The summed E-state index contributed by atoms with van der Waals surface area (Å²) in [7, 11) is 1.30. The largest absolute Gasteiger partial charge is 0.490 e. The van der Waals surface area contributed by atoms with E-state index in [-0.39, 0.29) is 17.4 Å². The summed E-state index contributed by atoms with van der Waals surface area (Å²) in [4.78, 5) is 10.1. The normalized spacial score (nSPS) is 13.9. The number of benzene rings is 1. The van der Waals surface area contributed by atoms with Crippen LogP contribution in [0.3, 0.4) is 0 Å². The molecule has 0 saturated heterocycles. The lowest BCUT2D eigenvalue weighted by Gasteiger charge is -2.34. The topological polar surface area (TPSA) is 90.4 Å². The maximum absolute atomic E-state index is 14.0. The average Bonchev–Trinajstić information content (AvgIpc) is 2.39. The lowest BCUT2D eigenvalue weighted by atomic mass is 9.88. The van der Waals surface area contributed by atoms with E-state index in [4.69, 9.17) is 10.5 Å². The summed E-state index contributed by atoms with van der Waals surface area (Å²) in [6.07, 6.45) is 0. The van der Waals surface area contributed by atoms with E-state index in [0.29, 0.717) is 6.54 Å². The second-order valence-corrected chi connectivity index (χ2v) is 5.16. The smallest absolute Gasteiger partial charge is 0.313 e. The van der Waals surface area contributed by atoms with Crippen molar-refractivity contribution in [3.63, 3.8) is 0 Å². The summed E-state index contributed by atoms with van der Waals surface area (Å²) in [5.74, 6) is -0.562. The zero-order valence-electron chi connectivity index (χ0n) is 12.1. The van der Waals surface area contributed by atoms with Gasteiger partial charge in [-0.25, -0.2) is 4.39 Å². The molecule has 1 unspecified atom stereocenters. The quantitative estimate of drug-likeness (QED) is 0.619. The van der Waals surface area contributed by atoms with Gasteiger partial charge in [0, 0.05) is 18.2 Å². The molecule has 3 N–H and O–H groups in total. The van der Waals surface area contributed by atoms with Crippen molar-refractivity contribution in [2.75, 3.05) is 19.0 Å². The van der Waals surface area contributed by atoms with Gasteiger partial charge in [0.2, 0.25) is 0 Å². The summed E-state index contributed by atoms with van der Waals surface area (Å²) in [5.41, 5.74) is 4.93. The molecule has 7 heteroatoms. The standard InChI is InChI=1S/C13H20FN3O3/c1-8(2)13(3,7-15)16-10-6-12(20-4)11(17(18)19)5-9(10)14/h5-6,8,16H,7,15H2,1-4H3. The van der Waals surface area contributed by atoms with E-state index < -0.39 is 22.0 Å². The number of hydrogen-bond donors (Lipinski definition) is 2. The van der Waals surface area contributed by atoms with E-state index >= 15 is 0 Å². The van der Waals surface area contributed by atoms with Gasteiger partial charge in [0.05, 0.1) is 23.8 Å². The first-order chi connectivity index (χ1) is 9.25. The van der Waals surface area contributed by atoms with E-state index in [9.17, 15) is 14.5 Å². The van der Waals surface area contributed by atoms with Gasteiger partial charge < -0.3 is 15.8 Å². The first-order valence-electron chi connectivity index (χ1n) is 6.25. The Morgan fingerprint density at radius 1 is 1.55 bits per heavy atom. The number of halogens is 1. The molecule has 20 heavy (non-hydrogen) atoms. The second-order valence-electron chi connectivity index (χ2n) is 5.16. The molecule has 0 radical (unpaired) electrons. The molecule has 0 aliphatic rings. The number of hydrogen-bond acceptors (Lipinski definition) is 5. The Labute approximate surface area is 117 Å². The van der Waals surface area contributed by atoms with Crippen LogP contribution in [0.15, 0.2) is 12.1 Å². The Morgan fingerprint density at radius 2 is 2.15 bits per heavy atom. The molecule has 0 heterocycles. The van der Waals surface area contributed by atoms with Gasteiger partial charge in [0.25, 0.3) is 0 Å². The fraction of sp³-hybridized carbons (Fsp3) is 0.538. The number of nitro benzene ring substituents is 1. The van der Waals surface area contributed by atoms with Crippen LogP contribution in [0.5, 0.6) is 5.75 Å². The molecular formula is C13H20FN3O3. The Kier molecular flexibility index (Phi) is 4.88. The van der Waals surface area contributed by atoms with E-state index in [1.165, 1.54) is 13.2 Å². The highest BCUT2D eigenvalue weighted by molar-refractivity contribution is 5.60. The molecule has 1 rings (SSSR count). The molecule has 0 saturated carbocycles. The monoisotopic (exact) mass is 285 g/mol. The van der Waals surface area contributed by atoms with E-state index in [1.54, 1.807) is 0 Å². The molecule has 0 aliphatic heterocycles. The van der Waals surface area contributed by atoms with Crippen molar-refractivity contribution in [1.29, 1.82) is 0 Å². The Balaban J connectivity index is 3.23.